The Labute approximate surface area is 110 Å². The van der Waals surface area contributed by atoms with Crippen molar-refractivity contribution in [1.29, 1.82) is 0 Å². The van der Waals surface area contributed by atoms with Gasteiger partial charge in [-0.25, -0.2) is 0 Å². The quantitative estimate of drug-likeness (QED) is 0.572. The summed E-state index contributed by atoms with van der Waals surface area (Å²) in [5, 5.41) is 0. The summed E-state index contributed by atoms with van der Waals surface area (Å²) >= 11 is 43.7. The van der Waals surface area contributed by atoms with E-state index in [-0.39, 0.29) is 6.42 Å². The molecule has 0 aliphatic rings. The minimum Gasteiger partial charge on any atom is -0.0967 e. The largest absolute Gasteiger partial charge is 0.223 e. The Balaban J connectivity index is 4.44. The van der Waals surface area contributed by atoms with Crippen molar-refractivity contribution in [1.82, 2.24) is 0 Å². The third-order valence-electron chi connectivity index (χ3n) is 0.837. The Hall–Kier alpha value is 2.32. The second-order valence-electron chi connectivity index (χ2n) is 1.99. The average Bonchev–Trinajstić information content (AvgIpc) is 1.52. The van der Waals surface area contributed by atoms with Crippen LogP contribution in [-0.4, -0.2) is 11.9 Å². The molecule has 0 unspecified atom stereocenters. The third-order valence-corrected chi connectivity index (χ3v) is 3.62. The normalized spacial score (nSPS) is 15.0. The summed E-state index contributed by atoms with van der Waals surface area (Å²) in [5.74, 6) is 0. The summed E-state index contributed by atoms with van der Waals surface area (Å²) < 4.78 is -5.30. The predicted molar refractivity (Wildman–Crippen MR) is 59.6 cm³/mol. The molecule has 0 aliphatic carbocycles. The van der Waals surface area contributed by atoms with Crippen molar-refractivity contribution in [2.24, 2.45) is 0 Å². The first-order valence-electron chi connectivity index (χ1n) is 2.47. The zero-order chi connectivity index (χ0) is 10.2. The van der Waals surface area contributed by atoms with Crippen LogP contribution >= 0.6 is 92.8 Å². The summed E-state index contributed by atoms with van der Waals surface area (Å²) in [7, 11) is 0. The van der Waals surface area contributed by atoms with E-state index in [0.29, 0.717) is 0 Å². The molecule has 8 heteroatoms. The molecule has 0 aromatic carbocycles. The van der Waals surface area contributed by atoms with Crippen LogP contribution in [0.2, 0.25) is 0 Å². The summed E-state index contributed by atoms with van der Waals surface area (Å²) in [6.45, 7) is 0. The van der Waals surface area contributed by atoms with Crippen molar-refractivity contribution in [3.05, 3.63) is 0 Å². The lowest BCUT2D eigenvalue weighted by atomic mass is 10.3. The maximum absolute atomic E-state index is 5.61. The molecule has 0 fully saturated rings. The van der Waals surface area contributed by atoms with E-state index in [4.69, 9.17) is 92.8 Å². The van der Waals surface area contributed by atoms with E-state index in [2.05, 4.69) is 0 Å². The van der Waals surface area contributed by atoms with E-state index in [1.54, 1.807) is 0 Å². The fraction of sp³-hybridized carbons (Fsp3) is 1.00. The van der Waals surface area contributed by atoms with Gasteiger partial charge < -0.3 is 0 Å². The second kappa shape index (κ2) is 4.45. The highest BCUT2D eigenvalue weighted by Gasteiger charge is 2.49. The van der Waals surface area contributed by atoms with Crippen molar-refractivity contribution < 1.29 is 0 Å². The molecule has 0 saturated heterocycles. The zero-order valence-electron chi connectivity index (χ0n) is 5.23. The fourth-order valence-corrected chi connectivity index (χ4v) is 1.97. The lowest BCUT2D eigenvalue weighted by Gasteiger charge is -2.29. The molecule has 0 bridgehead atoms. The molecule has 0 heterocycles. The van der Waals surface area contributed by atoms with Crippen molar-refractivity contribution in [2.45, 2.75) is 18.3 Å². The Morgan fingerprint density at radius 3 is 1.08 bits per heavy atom. The van der Waals surface area contributed by atoms with Gasteiger partial charge in [0, 0.05) is 6.42 Å². The molecular formula is C4H2Cl8. The van der Waals surface area contributed by atoms with Crippen LogP contribution in [-0.2, 0) is 0 Å². The van der Waals surface area contributed by atoms with Gasteiger partial charge in [-0.05, 0) is 0 Å². The minimum atomic E-state index is -1.90. The van der Waals surface area contributed by atoms with Crippen LogP contribution in [0.15, 0.2) is 0 Å². The van der Waals surface area contributed by atoms with Gasteiger partial charge in [0.25, 0.3) is 0 Å². The molecule has 0 aromatic rings. The summed E-state index contributed by atoms with van der Waals surface area (Å²) in [5.41, 5.74) is 0. The van der Waals surface area contributed by atoms with Gasteiger partial charge in [-0.3, -0.25) is 0 Å². The van der Waals surface area contributed by atoms with Gasteiger partial charge >= 0.3 is 0 Å². The molecule has 0 radical (unpaired) electrons. The van der Waals surface area contributed by atoms with Crippen LogP contribution in [0.4, 0.5) is 0 Å². The first kappa shape index (κ1) is 14.3. The number of hydrogen-bond acceptors (Lipinski definition) is 0. The van der Waals surface area contributed by atoms with Crippen molar-refractivity contribution in [3.8, 4) is 0 Å². The molecule has 0 spiro atoms. The topological polar surface area (TPSA) is 0 Å². The second-order valence-corrected chi connectivity index (χ2v) is 8.28. The Kier molecular flexibility index (Phi) is 5.31. The SMILES string of the molecule is ClC(Cl)(Cl)CC(Cl)(Cl)C(Cl)(Cl)Cl. The maximum Gasteiger partial charge on any atom is 0.223 e. The van der Waals surface area contributed by atoms with Gasteiger partial charge in [0.05, 0.1) is 0 Å². The van der Waals surface area contributed by atoms with E-state index >= 15 is 0 Å². The molecule has 0 N–H and O–H groups in total. The van der Waals surface area contributed by atoms with Crippen LogP contribution in [0.3, 0.4) is 0 Å². The van der Waals surface area contributed by atoms with Crippen LogP contribution in [0, 0.1) is 0 Å². The average molecular weight is 334 g/mol. The molecule has 0 rings (SSSR count). The summed E-state index contributed by atoms with van der Waals surface area (Å²) in [6, 6.07) is 0. The molecule has 0 aromatic heterocycles. The Bertz CT molecular complexity index is 149. The standard InChI is InChI=1S/C4H2Cl8/c5-2(6,4(10,11)12)1-3(7,8)9/h1H2. The minimum absolute atomic E-state index is 0.287. The van der Waals surface area contributed by atoms with Gasteiger partial charge in [0.1, 0.15) is 0 Å². The lowest BCUT2D eigenvalue weighted by Crippen LogP contribution is -2.35. The monoisotopic (exact) mass is 330 g/mol. The first-order chi connectivity index (χ1) is 4.96. The van der Waals surface area contributed by atoms with Crippen LogP contribution in [0.25, 0.3) is 0 Å². The molecule has 12 heavy (non-hydrogen) atoms. The smallest absolute Gasteiger partial charge is 0.0967 e. The fourth-order valence-electron chi connectivity index (χ4n) is 0.352. The van der Waals surface area contributed by atoms with Crippen molar-refractivity contribution in [2.75, 3.05) is 0 Å². The van der Waals surface area contributed by atoms with Gasteiger partial charge in [-0.1, -0.05) is 92.8 Å². The first-order valence-corrected chi connectivity index (χ1v) is 5.49. The number of halogens is 8. The molecule has 0 saturated carbocycles. The molecular weight excluding hydrogens is 332 g/mol. The highest BCUT2D eigenvalue weighted by Crippen LogP contribution is 2.52. The van der Waals surface area contributed by atoms with Crippen molar-refractivity contribution in [3.63, 3.8) is 0 Å². The Morgan fingerprint density at radius 2 is 1.00 bits per heavy atom. The highest BCUT2D eigenvalue weighted by atomic mass is 35.6. The molecule has 0 aliphatic heterocycles. The van der Waals surface area contributed by atoms with Gasteiger partial charge in [-0.15, -0.1) is 0 Å². The molecule has 0 nitrogen and oxygen atoms in total. The third kappa shape index (κ3) is 5.26. The van der Waals surface area contributed by atoms with E-state index in [1.807, 2.05) is 0 Å². The van der Waals surface area contributed by atoms with Crippen LogP contribution < -0.4 is 0 Å². The van der Waals surface area contributed by atoms with E-state index in [0.717, 1.165) is 0 Å². The summed E-state index contributed by atoms with van der Waals surface area (Å²) in [4.78, 5) is 0. The molecule has 74 valence electrons. The molecule has 0 amide bonds. The number of hydrogen-bond donors (Lipinski definition) is 0. The predicted octanol–water partition coefficient (Wildman–Crippen LogP) is 5.29. The summed E-state index contributed by atoms with van der Waals surface area (Å²) in [6.07, 6.45) is -0.287. The number of alkyl halides is 8. The van der Waals surface area contributed by atoms with E-state index in [9.17, 15) is 0 Å². The van der Waals surface area contributed by atoms with E-state index < -0.39 is 11.9 Å². The lowest BCUT2D eigenvalue weighted by molar-refractivity contribution is 0.720. The number of rotatable bonds is 1. The van der Waals surface area contributed by atoms with Gasteiger partial charge in [0.15, 0.2) is 8.13 Å². The van der Waals surface area contributed by atoms with Gasteiger partial charge in [0.2, 0.25) is 3.79 Å². The molecule has 0 atom stereocenters. The Morgan fingerprint density at radius 1 is 0.667 bits per heavy atom. The van der Waals surface area contributed by atoms with Gasteiger partial charge in [-0.2, -0.15) is 0 Å². The maximum atomic E-state index is 5.61. The van der Waals surface area contributed by atoms with Crippen LogP contribution in [0.5, 0.6) is 0 Å². The zero-order valence-corrected chi connectivity index (χ0v) is 11.3. The van der Waals surface area contributed by atoms with E-state index in [1.165, 1.54) is 0 Å². The highest BCUT2D eigenvalue weighted by molar-refractivity contribution is 6.76. The van der Waals surface area contributed by atoms with Crippen molar-refractivity contribution >= 4 is 92.8 Å². The van der Waals surface area contributed by atoms with Crippen LogP contribution in [0.1, 0.15) is 6.42 Å².